The highest BCUT2D eigenvalue weighted by atomic mass is 16.7. The molecule has 0 spiro atoms. The van der Waals surface area contributed by atoms with Gasteiger partial charge < -0.3 is 30.3 Å². The molecular formula is C38H45N3O5. The van der Waals surface area contributed by atoms with Crippen LogP contribution in [0, 0.1) is 0 Å². The maximum Gasteiger partial charge on any atom is 0.315 e. The maximum atomic E-state index is 12.0. The van der Waals surface area contributed by atoms with Gasteiger partial charge in [-0.1, -0.05) is 103 Å². The molecule has 0 radical (unpaired) electrons. The summed E-state index contributed by atoms with van der Waals surface area (Å²) in [5.41, 5.74) is 6.77. The fourth-order valence-corrected chi connectivity index (χ4v) is 5.86. The minimum Gasteiger partial charge on any atom is -0.392 e. The lowest BCUT2D eigenvalue weighted by atomic mass is 9.97. The Balaban J connectivity index is 1.34. The predicted octanol–water partition coefficient (Wildman–Crippen LogP) is 6.26. The summed E-state index contributed by atoms with van der Waals surface area (Å²) in [6.45, 7) is 5.51. The van der Waals surface area contributed by atoms with Crippen LogP contribution in [0.2, 0.25) is 0 Å². The molecule has 0 aromatic heterocycles. The first-order chi connectivity index (χ1) is 22.4. The third-order valence-corrected chi connectivity index (χ3v) is 8.69. The molecule has 0 saturated carbocycles. The van der Waals surface area contributed by atoms with Crippen molar-refractivity contribution in [1.29, 1.82) is 0 Å². The number of nitrogens with zero attached hydrogens (tertiary/aromatic N) is 1. The lowest BCUT2D eigenvalue weighted by Gasteiger charge is -2.39. The van der Waals surface area contributed by atoms with E-state index in [1.807, 2.05) is 106 Å². The highest BCUT2D eigenvalue weighted by Crippen LogP contribution is 2.39. The summed E-state index contributed by atoms with van der Waals surface area (Å²) < 4.78 is 13.2. The molecule has 4 aromatic rings. The number of aliphatic hydroxyl groups excluding tert-OH is 2. The number of hydrogen-bond donors (Lipinski definition) is 4. The molecule has 2 amide bonds. The molecule has 8 nitrogen and oxygen atoms in total. The largest absolute Gasteiger partial charge is 0.392 e. The van der Waals surface area contributed by atoms with E-state index in [-0.39, 0.29) is 30.9 Å². The number of benzene rings is 4. The predicted molar refractivity (Wildman–Crippen MR) is 180 cm³/mol. The molecule has 5 atom stereocenters. The second kappa shape index (κ2) is 16.0. The molecule has 0 aliphatic carbocycles. The molecule has 4 aromatic carbocycles. The number of amides is 2. The number of hydrogen-bond acceptors (Lipinski definition) is 6. The molecule has 1 heterocycles. The third-order valence-electron chi connectivity index (χ3n) is 8.69. The zero-order chi connectivity index (χ0) is 32.5. The lowest BCUT2D eigenvalue weighted by molar-refractivity contribution is -0.253. The van der Waals surface area contributed by atoms with E-state index in [4.69, 9.17) is 9.47 Å². The van der Waals surface area contributed by atoms with Crippen LogP contribution < -0.4 is 10.6 Å². The van der Waals surface area contributed by atoms with Crippen molar-refractivity contribution in [2.75, 3.05) is 20.1 Å². The average molecular weight is 624 g/mol. The van der Waals surface area contributed by atoms with Crippen molar-refractivity contribution in [3.63, 3.8) is 0 Å². The van der Waals surface area contributed by atoms with Crippen LogP contribution in [-0.4, -0.2) is 53.4 Å². The second-order valence-electron chi connectivity index (χ2n) is 11.9. The van der Waals surface area contributed by atoms with Crippen LogP contribution in [0.15, 0.2) is 103 Å². The van der Waals surface area contributed by atoms with Gasteiger partial charge in [-0.3, -0.25) is 4.90 Å². The van der Waals surface area contributed by atoms with Gasteiger partial charge in [0.05, 0.1) is 24.9 Å². The van der Waals surface area contributed by atoms with Crippen LogP contribution >= 0.6 is 0 Å². The van der Waals surface area contributed by atoms with E-state index in [1.165, 1.54) is 0 Å². The summed E-state index contributed by atoms with van der Waals surface area (Å²) in [7, 11) is 2.02. The molecule has 5 rings (SSSR count). The number of carbonyl (C=O) groups is 1. The Morgan fingerprint density at radius 1 is 0.891 bits per heavy atom. The van der Waals surface area contributed by atoms with Crippen LogP contribution in [0.1, 0.15) is 66.6 Å². The van der Waals surface area contributed by atoms with E-state index in [0.717, 1.165) is 38.9 Å². The standard InChI is InChI=1S/C38H45N3O5/c1-4-39-38(44)40-23-32-12-8-9-13-34(32)28-18-20-31(21-19-28)37-45-33(22-35(46-37)29-16-14-27(25-42)15-17-29)24-41(3)26(2)36(43)30-10-6-5-7-11-30/h5-21,26,33,35-37,42-43H,4,22-25H2,1-3H3,(H2,39,40,44)/t26-,33+,35-,36-,37-/m0/s1. The molecule has 1 aliphatic heterocycles. The topological polar surface area (TPSA) is 103 Å². The molecule has 1 saturated heterocycles. The van der Waals surface area contributed by atoms with Gasteiger partial charge in [0.25, 0.3) is 0 Å². The lowest BCUT2D eigenvalue weighted by Crippen LogP contribution is -2.43. The Labute approximate surface area is 272 Å². The SMILES string of the molecule is CCNC(=O)NCc1ccccc1-c1ccc([C@H]2O[C@@H](CN(C)[C@@H](C)[C@H](O)c3ccccc3)C[C@@H](c3ccc(CO)cc3)O2)cc1. The second-order valence-corrected chi connectivity index (χ2v) is 11.9. The van der Waals surface area contributed by atoms with Crippen LogP contribution in [0.25, 0.3) is 11.1 Å². The first kappa shape index (κ1) is 33.3. The van der Waals surface area contributed by atoms with Crippen LogP contribution in [-0.2, 0) is 22.6 Å². The Morgan fingerprint density at radius 2 is 1.57 bits per heavy atom. The summed E-state index contributed by atoms with van der Waals surface area (Å²) in [5.74, 6) is 0. The van der Waals surface area contributed by atoms with Crippen molar-refractivity contribution in [3.8, 4) is 11.1 Å². The average Bonchev–Trinajstić information content (AvgIpc) is 3.10. The highest BCUT2D eigenvalue weighted by Gasteiger charge is 2.34. The smallest absolute Gasteiger partial charge is 0.315 e. The fourth-order valence-electron chi connectivity index (χ4n) is 5.86. The zero-order valence-corrected chi connectivity index (χ0v) is 26.8. The van der Waals surface area contributed by atoms with Gasteiger partial charge in [-0.25, -0.2) is 4.79 Å². The van der Waals surface area contributed by atoms with Crippen molar-refractivity contribution in [2.24, 2.45) is 0 Å². The first-order valence-electron chi connectivity index (χ1n) is 16.0. The Hall–Kier alpha value is -4.05. The van der Waals surface area contributed by atoms with Gasteiger partial charge in [0.15, 0.2) is 6.29 Å². The normalized spacial score (nSPS) is 19.4. The van der Waals surface area contributed by atoms with Gasteiger partial charge in [0, 0.05) is 37.7 Å². The van der Waals surface area contributed by atoms with Gasteiger partial charge in [0.2, 0.25) is 0 Å². The summed E-state index contributed by atoms with van der Waals surface area (Å²) in [4.78, 5) is 14.1. The van der Waals surface area contributed by atoms with Crippen molar-refractivity contribution in [3.05, 3.63) is 131 Å². The molecule has 0 unspecified atom stereocenters. The number of ether oxygens (including phenoxy) is 2. The van der Waals surface area contributed by atoms with Gasteiger partial charge in [-0.15, -0.1) is 0 Å². The minimum atomic E-state index is -0.629. The van der Waals surface area contributed by atoms with Gasteiger partial charge in [0.1, 0.15) is 0 Å². The first-order valence-corrected chi connectivity index (χ1v) is 16.0. The summed E-state index contributed by atoms with van der Waals surface area (Å²) in [5, 5.41) is 26.3. The van der Waals surface area contributed by atoms with E-state index in [0.29, 0.717) is 26.1 Å². The van der Waals surface area contributed by atoms with E-state index in [1.54, 1.807) is 0 Å². The van der Waals surface area contributed by atoms with Crippen molar-refractivity contribution in [1.82, 2.24) is 15.5 Å². The van der Waals surface area contributed by atoms with Crippen LogP contribution in [0.3, 0.4) is 0 Å². The number of nitrogens with one attached hydrogen (secondary N) is 2. The van der Waals surface area contributed by atoms with Gasteiger partial charge in [-0.05, 0) is 54.3 Å². The number of carbonyl (C=O) groups excluding carboxylic acids is 1. The van der Waals surface area contributed by atoms with Crippen molar-refractivity contribution < 1.29 is 24.5 Å². The quantitative estimate of drug-likeness (QED) is 0.149. The molecule has 1 aliphatic rings. The zero-order valence-electron chi connectivity index (χ0n) is 26.8. The highest BCUT2D eigenvalue weighted by molar-refractivity contribution is 5.74. The monoisotopic (exact) mass is 623 g/mol. The van der Waals surface area contributed by atoms with Gasteiger partial charge in [-0.2, -0.15) is 0 Å². The summed E-state index contributed by atoms with van der Waals surface area (Å²) >= 11 is 0. The Kier molecular flexibility index (Phi) is 11.6. The molecule has 242 valence electrons. The van der Waals surface area contributed by atoms with Gasteiger partial charge >= 0.3 is 6.03 Å². The number of urea groups is 1. The number of rotatable bonds is 12. The van der Waals surface area contributed by atoms with Crippen molar-refractivity contribution >= 4 is 6.03 Å². The van der Waals surface area contributed by atoms with E-state index >= 15 is 0 Å². The molecule has 0 bridgehead atoms. The fraction of sp³-hybridized carbons (Fsp3) is 0.342. The van der Waals surface area contributed by atoms with Crippen LogP contribution in [0.4, 0.5) is 4.79 Å². The Morgan fingerprint density at radius 3 is 2.26 bits per heavy atom. The minimum absolute atomic E-state index is 0.00986. The molecule has 8 heteroatoms. The summed E-state index contributed by atoms with van der Waals surface area (Å²) in [6, 6.07) is 33.5. The number of aliphatic hydroxyl groups is 2. The molecule has 1 fully saturated rings. The Bertz CT molecular complexity index is 1530. The van der Waals surface area contributed by atoms with E-state index < -0.39 is 12.4 Å². The van der Waals surface area contributed by atoms with Crippen LogP contribution in [0.5, 0.6) is 0 Å². The van der Waals surface area contributed by atoms with Crippen molar-refractivity contribution in [2.45, 2.75) is 64.1 Å². The molecular weight excluding hydrogens is 578 g/mol. The molecule has 46 heavy (non-hydrogen) atoms. The molecule has 4 N–H and O–H groups in total. The van der Waals surface area contributed by atoms with E-state index in [9.17, 15) is 15.0 Å². The number of likely N-dealkylation sites (N-methyl/N-ethyl adjacent to an activating group) is 1. The third kappa shape index (κ3) is 8.40. The van der Waals surface area contributed by atoms with E-state index in [2.05, 4.69) is 33.7 Å². The summed E-state index contributed by atoms with van der Waals surface area (Å²) in [6.07, 6.45) is -0.933. The maximum absolute atomic E-state index is 12.0.